The number of amides is 2. The Kier molecular flexibility index (Phi) is 6.91. The van der Waals surface area contributed by atoms with Gasteiger partial charge in [0.2, 0.25) is 0 Å². The maximum absolute atomic E-state index is 12.5. The van der Waals surface area contributed by atoms with Crippen LogP contribution in [0.2, 0.25) is 0 Å². The Hall–Kier alpha value is -2.30. The van der Waals surface area contributed by atoms with E-state index in [-0.39, 0.29) is 12.6 Å². The fraction of sp³-hybridized carbons (Fsp3) is 0.600. The smallest absolute Gasteiger partial charge is 0.320 e. The Labute approximate surface area is 160 Å². The number of hydrogen-bond acceptors (Lipinski definition) is 5. The number of rotatable bonds is 5. The number of carbonyl (C=O) groups excluding carboxylic acids is 1. The van der Waals surface area contributed by atoms with Crippen LogP contribution in [0.1, 0.15) is 24.8 Å². The van der Waals surface area contributed by atoms with Crippen molar-refractivity contribution in [2.45, 2.75) is 25.4 Å². The fourth-order valence-corrected chi connectivity index (χ4v) is 3.58. The van der Waals surface area contributed by atoms with Gasteiger partial charge in [-0.05, 0) is 43.5 Å². The van der Waals surface area contributed by atoms with Crippen molar-refractivity contribution in [3.8, 4) is 11.8 Å². The first-order valence-corrected chi connectivity index (χ1v) is 9.73. The van der Waals surface area contributed by atoms with Gasteiger partial charge < -0.3 is 19.6 Å². The molecule has 1 aromatic carbocycles. The van der Waals surface area contributed by atoms with Gasteiger partial charge in [0.25, 0.3) is 0 Å². The molecule has 0 bridgehead atoms. The van der Waals surface area contributed by atoms with Gasteiger partial charge in [-0.25, -0.2) is 4.79 Å². The third kappa shape index (κ3) is 5.59. The number of ether oxygens (including phenoxy) is 1. The van der Waals surface area contributed by atoms with E-state index in [1.165, 1.54) is 6.42 Å². The van der Waals surface area contributed by atoms with Crippen LogP contribution in [0.3, 0.4) is 0 Å². The monoisotopic (exact) mass is 372 g/mol. The standard InChI is InChI=1S/C20H28N4O3/c21-14-17-4-6-19(7-5-17)27-16-18(25)15-22-10-12-24(13-11-22)20(26)23-8-2-1-3-9-23/h4-7,18,25H,1-3,8-13,15-16H2/t18-/m1/s1. The molecule has 0 saturated carbocycles. The number of aliphatic hydroxyl groups excluding tert-OH is 1. The van der Waals surface area contributed by atoms with Crippen molar-refractivity contribution in [3.63, 3.8) is 0 Å². The van der Waals surface area contributed by atoms with E-state index >= 15 is 0 Å². The molecular formula is C20H28N4O3. The predicted molar refractivity (Wildman–Crippen MR) is 101 cm³/mol. The van der Waals surface area contributed by atoms with Gasteiger partial charge in [0.05, 0.1) is 11.6 Å². The van der Waals surface area contributed by atoms with Gasteiger partial charge in [-0.3, -0.25) is 4.90 Å². The number of benzene rings is 1. The van der Waals surface area contributed by atoms with Crippen LogP contribution in [-0.4, -0.2) is 84.4 Å². The lowest BCUT2D eigenvalue weighted by atomic mass is 10.1. The molecule has 146 valence electrons. The molecule has 0 spiro atoms. The molecule has 3 rings (SSSR count). The predicted octanol–water partition coefficient (Wildman–Crippen LogP) is 1.52. The number of nitrogens with zero attached hydrogens (tertiary/aromatic N) is 4. The van der Waals surface area contributed by atoms with Gasteiger partial charge in [0.15, 0.2) is 0 Å². The van der Waals surface area contributed by atoms with Crippen molar-refractivity contribution >= 4 is 6.03 Å². The summed E-state index contributed by atoms with van der Waals surface area (Å²) in [6.45, 7) is 5.45. The molecule has 1 atom stereocenters. The molecule has 2 amide bonds. The average Bonchev–Trinajstić information content (AvgIpc) is 2.73. The van der Waals surface area contributed by atoms with E-state index in [1.54, 1.807) is 24.3 Å². The number of nitriles is 1. The normalized spacial score (nSPS) is 19.4. The van der Waals surface area contributed by atoms with E-state index in [0.29, 0.717) is 30.9 Å². The molecule has 0 radical (unpaired) electrons. The summed E-state index contributed by atoms with van der Waals surface area (Å²) in [6.07, 6.45) is 2.85. The molecule has 2 fully saturated rings. The lowest BCUT2D eigenvalue weighted by molar-refractivity contribution is 0.0473. The van der Waals surface area contributed by atoms with E-state index in [4.69, 9.17) is 10.00 Å². The first-order chi connectivity index (χ1) is 13.2. The van der Waals surface area contributed by atoms with Gasteiger partial charge in [0, 0.05) is 45.8 Å². The zero-order chi connectivity index (χ0) is 19.1. The summed E-state index contributed by atoms with van der Waals surface area (Å²) < 4.78 is 5.59. The number of aliphatic hydroxyl groups is 1. The van der Waals surface area contributed by atoms with Gasteiger partial charge in [-0.15, -0.1) is 0 Å². The zero-order valence-corrected chi connectivity index (χ0v) is 15.7. The molecule has 2 saturated heterocycles. The molecular weight excluding hydrogens is 344 g/mol. The van der Waals surface area contributed by atoms with Crippen LogP contribution >= 0.6 is 0 Å². The maximum Gasteiger partial charge on any atom is 0.320 e. The lowest BCUT2D eigenvalue weighted by Gasteiger charge is -2.39. The summed E-state index contributed by atoms with van der Waals surface area (Å²) in [5, 5.41) is 19.0. The van der Waals surface area contributed by atoms with Gasteiger partial charge in [-0.1, -0.05) is 0 Å². The summed E-state index contributed by atoms with van der Waals surface area (Å²) >= 11 is 0. The number of carbonyl (C=O) groups is 1. The fourth-order valence-electron chi connectivity index (χ4n) is 3.58. The highest BCUT2D eigenvalue weighted by Crippen LogP contribution is 2.14. The van der Waals surface area contributed by atoms with Gasteiger partial charge >= 0.3 is 6.03 Å². The van der Waals surface area contributed by atoms with Crippen molar-refractivity contribution in [3.05, 3.63) is 29.8 Å². The highest BCUT2D eigenvalue weighted by molar-refractivity contribution is 5.74. The van der Waals surface area contributed by atoms with E-state index < -0.39 is 6.10 Å². The van der Waals surface area contributed by atoms with Crippen molar-refractivity contribution in [2.24, 2.45) is 0 Å². The third-order valence-corrected chi connectivity index (χ3v) is 5.16. The molecule has 2 aliphatic rings. The molecule has 2 aliphatic heterocycles. The van der Waals surface area contributed by atoms with E-state index in [2.05, 4.69) is 11.0 Å². The first-order valence-electron chi connectivity index (χ1n) is 9.73. The second-order valence-corrected chi connectivity index (χ2v) is 7.22. The zero-order valence-electron chi connectivity index (χ0n) is 15.7. The van der Waals surface area contributed by atoms with Crippen LogP contribution in [0, 0.1) is 11.3 Å². The maximum atomic E-state index is 12.5. The van der Waals surface area contributed by atoms with E-state index in [9.17, 15) is 9.90 Å². The highest BCUT2D eigenvalue weighted by Gasteiger charge is 2.26. The van der Waals surface area contributed by atoms with Crippen molar-refractivity contribution in [2.75, 3.05) is 52.4 Å². The molecule has 0 aromatic heterocycles. The molecule has 7 heteroatoms. The summed E-state index contributed by atoms with van der Waals surface area (Å²) in [5.41, 5.74) is 0.583. The number of piperidine rings is 1. The number of piperazine rings is 1. The minimum Gasteiger partial charge on any atom is -0.491 e. The molecule has 7 nitrogen and oxygen atoms in total. The Balaban J connectivity index is 1.36. The molecule has 1 aromatic rings. The second-order valence-electron chi connectivity index (χ2n) is 7.22. The Bertz CT molecular complexity index is 644. The van der Waals surface area contributed by atoms with Crippen molar-refractivity contribution < 1.29 is 14.6 Å². The summed E-state index contributed by atoms with van der Waals surface area (Å²) in [7, 11) is 0. The largest absolute Gasteiger partial charge is 0.491 e. The van der Waals surface area contributed by atoms with Crippen LogP contribution in [0.4, 0.5) is 4.79 Å². The average molecular weight is 372 g/mol. The van der Waals surface area contributed by atoms with Crippen LogP contribution in [-0.2, 0) is 0 Å². The topological polar surface area (TPSA) is 80.0 Å². The Morgan fingerprint density at radius 3 is 2.30 bits per heavy atom. The van der Waals surface area contributed by atoms with E-state index in [1.807, 2.05) is 9.80 Å². The minimum absolute atomic E-state index is 0.166. The quantitative estimate of drug-likeness (QED) is 0.848. The SMILES string of the molecule is N#Cc1ccc(OC[C@H](O)CN2CCN(C(=O)N3CCCCC3)CC2)cc1. The number of hydrogen-bond donors (Lipinski definition) is 1. The molecule has 1 N–H and O–H groups in total. The van der Waals surface area contributed by atoms with Gasteiger partial charge in [0.1, 0.15) is 18.5 Å². The van der Waals surface area contributed by atoms with Gasteiger partial charge in [-0.2, -0.15) is 5.26 Å². The van der Waals surface area contributed by atoms with Crippen LogP contribution in [0.15, 0.2) is 24.3 Å². The summed E-state index contributed by atoms with van der Waals surface area (Å²) in [5.74, 6) is 0.644. The highest BCUT2D eigenvalue weighted by atomic mass is 16.5. The molecule has 27 heavy (non-hydrogen) atoms. The second kappa shape index (κ2) is 9.58. The van der Waals surface area contributed by atoms with Crippen LogP contribution < -0.4 is 4.74 Å². The molecule has 0 aliphatic carbocycles. The summed E-state index contributed by atoms with van der Waals surface area (Å²) in [4.78, 5) is 18.6. The first kappa shape index (κ1) is 19.5. The lowest BCUT2D eigenvalue weighted by Crippen LogP contribution is -2.54. The Morgan fingerprint density at radius 2 is 1.67 bits per heavy atom. The number of likely N-dealkylation sites (tertiary alicyclic amines) is 1. The van der Waals surface area contributed by atoms with Crippen LogP contribution in [0.5, 0.6) is 5.75 Å². The Morgan fingerprint density at radius 1 is 1.04 bits per heavy atom. The minimum atomic E-state index is -0.593. The van der Waals surface area contributed by atoms with Crippen molar-refractivity contribution in [1.82, 2.24) is 14.7 Å². The molecule has 0 unspecified atom stereocenters. The van der Waals surface area contributed by atoms with Crippen molar-refractivity contribution in [1.29, 1.82) is 5.26 Å². The van der Waals surface area contributed by atoms with Crippen LogP contribution in [0.25, 0.3) is 0 Å². The van der Waals surface area contributed by atoms with E-state index in [0.717, 1.165) is 39.0 Å². The molecule has 2 heterocycles. The third-order valence-electron chi connectivity index (χ3n) is 5.16. The number of β-amino-alcohol motifs (C(OH)–C–C–N with tert-alkyl or cyclic N) is 1. The number of urea groups is 1. The summed E-state index contributed by atoms with van der Waals surface area (Å²) in [6, 6.07) is 9.08.